The van der Waals surface area contributed by atoms with E-state index in [0.29, 0.717) is 17.8 Å². The van der Waals surface area contributed by atoms with Gasteiger partial charge in [0.15, 0.2) is 0 Å². The molecule has 0 unspecified atom stereocenters. The summed E-state index contributed by atoms with van der Waals surface area (Å²) in [6.07, 6.45) is -8.55. The van der Waals surface area contributed by atoms with Crippen LogP contribution in [0.15, 0.2) is 35.3 Å². The number of rotatable bonds is 3. The molecule has 2 aromatic rings. The predicted octanol–water partition coefficient (Wildman–Crippen LogP) is 5.35. The Morgan fingerprint density at radius 2 is 1.40 bits per heavy atom. The zero-order chi connectivity index (χ0) is 19.0. The molecule has 1 N–H and O–H groups in total. The molecule has 2 nitrogen and oxygen atoms in total. The maximum atomic E-state index is 12.8. The van der Waals surface area contributed by atoms with Crippen molar-refractivity contribution in [1.82, 2.24) is 4.98 Å². The first-order valence-corrected chi connectivity index (χ1v) is 10.8. The summed E-state index contributed by atoms with van der Waals surface area (Å²) >= 11 is 0. The zero-order valence-corrected chi connectivity index (χ0v) is 14.7. The average Bonchev–Trinajstić information content (AvgIpc) is 2.92. The molecule has 1 aromatic heterocycles. The average molecular weight is 378 g/mol. The largest absolute Gasteiger partial charge is 0.416 e. The Bertz CT molecular complexity index is 749. The predicted molar refractivity (Wildman–Crippen MR) is 87.5 cm³/mol. The molecule has 0 bridgehead atoms. The molecule has 0 spiro atoms. The first-order chi connectivity index (χ1) is 11.3. The number of halogens is 6. The highest BCUT2D eigenvalue weighted by molar-refractivity contribution is 6.88. The number of aromatic amines is 1. The van der Waals surface area contributed by atoms with Crippen molar-refractivity contribution in [2.45, 2.75) is 32.0 Å². The highest BCUT2D eigenvalue weighted by Crippen LogP contribution is 2.38. The van der Waals surface area contributed by atoms with Gasteiger partial charge in [-0.2, -0.15) is 26.3 Å². The molecule has 136 valence electrons. The Labute approximate surface area is 141 Å². The number of aliphatic imine (C=N–C) groups is 1. The van der Waals surface area contributed by atoms with Gasteiger partial charge in [0, 0.05) is 0 Å². The molecule has 0 aliphatic carbocycles. The molecule has 0 fully saturated rings. The summed E-state index contributed by atoms with van der Waals surface area (Å²) < 4.78 is 76.9. The molecule has 0 atom stereocenters. The van der Waals surface area contributed by atoms with Crippen molar-refractivity contribution in [2.75, 3.05) is 0 Å². The van der Waals surface area contributed by atoms with Crippen LogP contribution in [0.3, 0.4) is 0 Å². The summed E-state index contributed by atoms with van der Waals surface area (Å²) in [5.74, 6) is 0. The number of H-pyrrole nitrogens is 1. The van der Waals surface area contributed by atoms with E-state index in [2.05, 4.69) is 29.6 Å². The molecule has 0 amide bonds. The summed E-state index contributed by atoms with van der Waals surface area (Å²) in [6, 6.07) is 4.80. The molecule has 0 aliphatic rings. The molecule has 0 saturated heterocycles. The van der Waals surface area contributed by atoms with Gasteiger partial charge in [-0.05, 0) is 35.6 Å². The molecule has 0 radical (unpaired) electrons. The SMILES string of the molecule is C[Si](C)(C)c1ccc(/C=N/c2cc(C(F)(F)F)cc(C(F)(F)F)c2)[nH]1. The molecule has 1 heterocycles. The van der Waals surface area contributed by atoms with Crippen LogP contribution in [0.4, 0.5) is 32.0 Å². The fourth-order valence-electron chi connectivity index (χ4n) is 2.08. The van der Waals surface area contributed by atoms with E-state index in [0.717, 1.165) is 5.32 Å². The summed E-state index contributed by atoms with van der Waals surface area (Å²) in [6.45, 7) is 6.30. The van der Waals surface area contributed by atoms with Crippen LogP contribution in [0.2, 0.25) is 19.6 Å². The lowest BCUT2D eigenvalue weighted by molar-refractivity contribution is -0.143. The summed E-state index contributed by atoms with van der Waals surface area (Å²) in [5, 5.41) is 1.01. The Hall–Kier alpha value is -2.03. The van der Waals surface area contributed by atoms with Gasteiger partial charge in [0.1, 0.15) is 0 Å². The summed E-state index contributed by atoms with van der Waals surface area (Å²) in [5.41, 5.74) is -2.66. The van der Waals surface area contributed by atoms with Crippen LogP contribution in [0.1, 0.15) is 16.8 Å². The highest BCUT2D eigenvalue weighted by atomic mass is 28.3. The fourth-order valence-corrected chi connectivity index (χ4v) is 3.18. The molecular formula is C16H16F6N2Si. The van der Waals surface area contributed by atoms with Crippen LogP contribution in [-0.4, -0.2) is 19.3 Å². The second kappa shape index (κ2) is 6.36. The van der Waals surface area contributed by atoms with E-state index in [1.54, 1.807) is 6.07 Å². The van der Waals surface area contributed by atoms with Gasteiger partial charge in [0.05, 0.1) is 36.8 Å². The molecule has 9 heteroatoms. The topological polar surface area (TPSA) is 28.1 Å². The minimum absolute atomic E-state index is 0.0803. The zero-order valence-electron chi connectivity index (χ0n) is 13.7. The summed E-state index contributed by atoms with van der Waals surface area (Å²) in [4.78, 5) is 6.86. The number of hydrogen-bond donors (Lipinski definition) is 1. The van der Waals surface area contributed by atoms with Crippen molar-refractivity contribution in [3.05, 3.63) is 47.2 Å². The number of alkyl halides is 6. The molecule has 0 saturated carbocycles. The maximum absolute atomic E-state index is 12.8. The number of aromatic nitrogens is 1. The van der Waals surface area contributed by atoms with Crippen molar-refractivity contribution in [1.29, 1.82) is 0 Å². The Morgan fingerprint density at radius 1 is 0.880 bits per heavy atom. The second-order valence-electron chi connectivity index (χ2n) is 6.60. The molecule has 2 rings (SSSR count). The van der Waals surface area contributed by atoms with Crippen LogP contribution in [0, 0.1) is 0 Å². The smallest absolute Gasteiger partial charge is 0.362 e. The minimum atomic E-state index is -4.89. The number of hydrogen-bond acceptors (Lipinski definition) is 1. The highest BCUT2D eigenvalue weighted by Gasteiger charge is 2.36. The first-order valence-electron chi connectivity index (χ1n) is 7.30. The van der Waals surface area contributed by atoms with Gasteiger partial charge in [-0.1, -0.05) is 19.6 Å². The van der Waals surface area contributed by atoms with E-state index < -0.39 is 37.2 Å². The van der Waals surface area contributed by atoms with Gasteiger partial charge < -0.3 is 4.98 Å². The van der Waals surface area contributed by atoms with E-state index in [1.807, 2.05) is 6.07 Å². The van der Waals surface area contributed by atoms with Crippen molar-refractivity contribution in [2.24, 2.45) is 4.99 Å². The Morgan fingerprint density at radius 3 is 1.80 bits per heavy atom. The van der Waals surface area contributed by atoms with Crippen molar-refractivity contribution >= 4 is 25.3 Å². The molecular weight excluding hydrogens is 362 g/mol. The van der Waals surface area contributed by atoms with E-state index in [4.69, 9.17) is 0 Å². The lowest BCUT2D eigenvalue weighted by Gasteiger charge is -2.13. The van der Waals surface area contributed by atoms with Crippen molar-refractivity contribution < 1.29 is 26.3 Å². The Balaban J connectivity index is 2.40. The van der Waals surface area contributed by atoms with E-state index >= 15 is 0 Å². The standard InChI is InChI=1S/C16H16F6N2Si/c1-25(2,3)14-5-4-12(24-14)9-23-13-7-10(15(17,18)19)6-11(8-13)16(20,21)22/h4-9,24H,1-3H3/b23-9+. The van der Waals surface area contributed by atoms with E-state index in [-0.39, 0.29) is 6.07 Å². The molecule has 25 heavy (non-hydrogen) atoms. The van der Waals surface area contributed by atoms with Gasteiger partial charge in [0.25, 0.3) is 0 Å². The number of nitrogens with zero attached hydrogens (tertiary/aromatic N) is 1. The third-order valence-electron chi connectivity index (χ3n) is 3.44. The second-order valence-corrected chi connectivity index (χ2v) is 11.6. The lowest BCUT2D eigenvalue weighted by Crippen LogP contribution is -2.38. The number of benzene rings is 1. The normalized spacial score (nSPS) is 13.6. The lowest BCUT2D eigenvalue weighted by atomic mass is 10.1. The summed E-state index contributed by atoms with van der Waals surface area (Å²) in [7, 11) is -1.60. The number of nitrogens with one attached hydrogen (secondary N) is 1. The minimum Gasteiger partial charge on any atom is -0.362 e. The van der Waals surface area contributed by atoms with Crippen LogP contribution in [0.5, 0.6) is 0 Å². The van der Waals surface area contributed by atoms with E-state index in [1.165, 1.54) is 6.21 Å². The molecule has 1 aromatic carbocycles. The van der Waals surface area contributed by atoms with Crippen LogP contribution >= 0.6 is 0 Å². The van der Waals surface area contributed by atoms with Gasteiger partial charge in [-0.25, -0.2) is 0 Å². The van der Waals surface area contributed by atoms with Crippen molar-refractivity contribution in [3.8, 4) is 0 Å². The maximum Gasteiger partial charge on any atom is 0.416 e. The quantitative estimate of drug-likeness (QED) is 0.424. The van der Waals surface area contributed by atoms with Gasteiger partial charge in [0.2, 0.25) is 0 Å². The van der Waals surface area contributed by atoms with Crippen LogP contribution in [0.25, 0.3) is 0 Å². The Kier molecular flexibility index (Phi) is 4.91. The third kappa shape index (κ3) is 4.97. The monoisotopic (exact) mass is 378 g/mol. The van der Waals surface area contributed by atoms with Crippen molar-refractivity contribution in [3.63, 3.8) is 0 Å². The van der Waals surface area contributed by atoms with Crippen LogP contribution in [-0.2, 0) is 12.4 Å². The molecule has 0 aliphatic heterocycles. The van der Waals surface area contributed by atoms with Gasteiger partial charge in [-0.15, -0.1) is 0 Å². The van der Waals surface area contributed by atoms with Gasteiger partial charge >= 0.3 is 12.4 Å². The first kappa shape index (κ1) is 19.3. The van der Waals surface area contributed by atoms with Crippen LogP contribution < -0.4 is 5.32 Å². The third-order valence-corrected chi connectivity index (χ3v) is 5.35. The van der Waals surface area contributed by atoms with E-state index in [9.17, 15) is 26.3 Å². The van der Waals surface area contributed by atoms with Gasteiger partial charge in [-0.3, -0.25) is 4.99 Å². The fraction of sp³-hybridized carbons (Fsp3) is 0.312.